The van der Waals surface area contributed by atoms with Gasteiger partial charge in [0.25, 0.3) is 5.91 Å². The Bertz CT molecular complexity index is 832. The molecule has 1 amide bonds. The molecule has 7 nitrogen and oxygen atoms in total. The summed E-state index contributed by atoms with van der Waals surface area (Å²) in [5, 5.41) is 0. The van der Waals surface area contributed by atoms with Gasteiger partial charge in [-0.3, -0.25) is 14.7 Å². The molecular weight excluding hydrogens is 370 g/mol. The van der Waals surface area contributed by atoms with Crippen molar-refractivity contribution in [2.75, 3.05) is 46.5 Å². The molecule has 29 heavy (non-hydrogen) atoms. The first-order valence-corrected chi connectivity index (χ1v) is 10.0. The summed E-state index contributed by atoms with van der Waals surface area (Å²) in [7, 11) is 1.58. The van der Waals surface area contributed by atoms with Gasteiger partial charge in [-0.25, -0.2) is 0 Å². The molecular formula is C22H27N3O4. The van der Waals surface area contributed by atoms with Crippen molar-refractivity contribution in [1.82, 2.24) is 14.8 Å². The van der Waals surface area contributed by atoms with Crippen LogP contribution >= 0.6 is 0 Å². The lowest BCUT2D eigenvalue weighted by molar-refractivity contribution is -0.261. The zero-order chi connectivity index (χ0) is 20.1. The lowest BCUT2D eigenvalue weighted by atomic mass is 10.1. The van der Waals surface area contributed by atoms with Crippen molar-refractivity contribution in [3.63, 3.8) is 0 Å². The van der Waals surface area contributed by atoms with Crippen LogP contribution in [0.25, 0.3) is 0 Å². The maximum absolute atomic E-state index is 13.2. The van der Waals surface area contributed by atoms with Gasteiger partial charge in [-0.15, -0.1) is 0 Å². The molecule has 1 atom stereocenters. The van der Waals surface area contributed by atoms with Crippen molar-refractivity contribution in [2.24, 2.45) is 0 Å². The number of hydrogen-bond acceptors (Lipinski definition) is 6. The van der Waals surface area contributed by atoms with E-state index in [0.717, 1.165) is 25.1 Å². The van der Waals surface area contributed by atoms with Crippen LogP contribution < -0.4 is 4.74 Å². The Kier molecular flexibility index (Phi) is 6.08. The van der Waals surface area contributed by atoms with E-state index in [0.29, 0.717) is 44.2 Å². The number of carbonyl (C=O) groups is 1. The van der Waals surface area contributed by atoms with E-state index in [1.165, 1.54) is 0 Å². The van der Waals surface area contributed by atoms with E-state index in [2.05, 4.69) is 16.0 Å². The molecule has 2 aliphatic rings. The summed E-state index contributed by atoms with van der Waals surface area (Å²) < 4.78 is 17.7. The van der Waals surface area contributed by atoms with Gasteiger partial charge >= 0.3 is 0 Å². The van der Waals surface area contributed by atoms with Crippen LogP contribution in [-0.2, 0) is 16.0 Å². The van der Waals surface area contributed by atoms with E-state index >= 15 is 0 Å². The van der Waals surface area contributed by atoms with Gasteiger partial charge in [0.15, 0.2) is 5.79 Å². The molecule has 2 aromatic rings. The third-order valence-corrected chi connectivity index (χ3v) is 5.36. The molecule has 0 saturated carbocycles. The van der Waals surface area contributed by atoms with Gasteiger partial charge in [-0.1, -0.05) is 18.2 Å². The zero-order valence-corrected chi connectivity index (χ0v) is 16.8. The minimum absolute atomic E-state index is 0.0585. The van der Waals surface area contributed by atoms with Crippen LogP contribution in [0.3, 0.4) is 0 Å². The van der Waals surface area contributed by atoms with E-state index in [4.69, 9.17) is 14.2 Å². The molecule has 0 N–H and O–H groups in total. The van der Waals surface area contributed by atoms with Gasteiger partial charge in [0.05, 0.1) is 39.0 Å². The highest BCUT2D eigenvalue weighted by molar-refractivity contribution is 5.97. The van der Waals surface area contributed by atoms with Crippen molar-refractivity contribution in [3.05, 3.63) is 59.9 Å². The van der Waals surface area contributed by atoms with Gasteiger partial charge < -0.3 is 19.1 Å². The predicted molar refractivity (Wildman–Crippen MR) is 108 cm³/mol. The van der Waals surface area contributed by atoms with Crippen LogP contribution in [-0.4, -0.2) is 73.0 Å². The second kappa shape index (κ2) is 8.90. The summed E-state index contributed by atoms with van der Waals surface area (Å²) >= 11 is 0. The first-order chi connectivity index (χ1) is 14.2. The fourth-order valence-corrected chi connectivity index (χ4v) is 4.00. The quantitative estimate of drug-likeness (QED) is 0.788. The number of nitrogens with zero attached hydrogens (tertiary/aromatic N) is 3. The Labute approximate surface area is 171 Å². The summed E-state index contributed by atoms with van der Waals surface area (Å²) in [6.07, 6.45) is 4.59. The molecule has 2 saturated heterocycles. The average molecular weight is 397 g/mol. The highest BCUT2D eigenvalue weighted by Gasteiger charge is 2.42. The second-order valence-electron chi connectivity index (χ2n) is 7.46. The Balaban J connectivity index is 1.50. The minimum Gasteiger partial charge on any atom is -0.496 e. The Morgan fingerprint density at radius 3 is 2.83 bits per heavy atom. The molecule has 7 heteroatoms. The third kappa shape index (κ3) is 4.58. The minimum atomic E-state index is -0.811. The molecule has 1 unspecified atom stereocenters. The van der Waals surface area contributed by atoms with E-state index < -0.39 is 5.79 Å². The van der Waals surface area contributed by atoms with Gasteiger partial charge in [-0.05, 0) is 30.2 Å². The monoisotopic (exact) mass is 397 g/mol. The highest BCUT2D eigenvalue weighted by atomic mass is 16.7. The maximum atomic E-state index is 13.2. The van der Waals surface area contributed by atoms with Crippen LogP contribution in [0.2, 0.25) is 0 Å². The SMILES string of the molecule is COc1ccccc1C(=O)N1CCOC2(CN(Cc3cccnc3)CCCO2)C1. The smallest absolute Gasteiger partial charge is 0.257 e. The molecule has 1 aromatic heterocycles. The van der Waals surface area contributed by atoms with Crippen molar-refractivity contribution < 1.29 is 19.0 Å². The average Bonchev–Trinajstić information content (AvgIpc) is 2.95. The van der Waals surface area contributed by atoms with Crippen molar-refractivity contribution in [3.8, 4) is 5.75 Å². The summed E-state index contributed by atoms with van der Waals surface area (Å²) in [4.78, 5) is 21.5. The molecule has 0 radical (unpaired) electrons. The first kappa shape index (κ1) is 19.8. The second-order valence-corrected chi connectivity index (χ2v) is 7.46. The number of pyridine rings is 1. The van der Waals surface area contributed by atoms with E-state index in [-0.39, 0.29) is 5.91 Å². The first-order valence-electron chi connectivity index (χ1n) is 10.0. The molecule has 3 heterocycles. The topological polar surface area (TPSA) is 64.1 Å². The van der Waals surface area contributed by atoms with E-state index in [1.807, 2.05) is 29.3 Å². The number of aromatic nitrogens is 1. The molecule has 154 valence electrons. The Morgan fingerprint density at radius 2 is 2.00 bits per heavy atom. The van der Waals surface area contributed by atoms with E-state index in [9.17, 15) is 4.79 Å². The van der Waals surface area contributed by atoms with Crippen molar-refractivity contribution in [1.29, 1.82) is 0 Å². The fourth-order valence-electron chi connectivity index (χ4n) is 4.00. The lowest BCUT2D eigenvalue weighted by Gasteiger charge is -2.43. The summed E-state index contributed by atoms with van der Waals surface area (Å²) in [5.74, 6) is -0.288. The largest absolute Gasteiger partial charge is 0.496 e. The Hall–Kier alpha value is -2.48. The number of benzene rings is 1. The van der Waals surface area contributed by atoms with Crippen LogP contribution in [0.15, 0.2) is 48.8 Å². The summed E-state index contributed by atoms with van der Waals surface area (Å²) in [5.41, 5.74) is 1.72. The van der Waals surface area contributed by atoms with Crippen LogP contribution in [0.4, 0.5) is 0 Å². The number of rotatable bonds is 4. The van der Waals surface area contributed by atoms with Gasteiger partial charge in [0.1, 0.15) is 5.75 Å². The van der Waals surface area contributed by atoms with Crippen molar-refractivity contribution in [2.45, 2.75) is 18.8 Å². The highest BCUT2D eigenvalue weighted by Crippen LogP contribution is 2.27. The molecule has 2 aliphatic heterocycles. The van der Waals surface area contributed by atoms with E-state index in [1.54, 1.807) is 25.4 Å². The number of hydrogen-bond donors (Lipinski definition) is 0. The van der Waals surface area contributed by atoms with Crippen LogP contribution in [0.5, 0.6) is 5.75 Å². The molecule has 1 spiro atoms. The molecule has 1 aromatic carbocycles. The molecule has 0 bridgehead atoms. The number of para-hydroxylation sites is 1. The maximum Gasteiger partial charge on any atom is 0.257 e. The Morgan fingerprint density at radius 1 is 1.14 bits per heavy atom. The number of morpholine rings is 1. The number of amides is 1. The summed E-state index contributed by atoms with van der Waals surface area (Å²) in [6, 6.07) is 11.3. The van der Waals surface area contributed by atoms with Gasteiger partial charge in [-0.2, -0.15) is 0 Å². The molecule has 0 aliphatic carbocycles. The molecule has 2 fully saturated rings. The normalized spacial score (nSPS) is 23.0. The van der Waals surface area contributed by atoms with Gasteiger partial charge in [0, 0.05) is 32.0 Å². The zero-order valence-electron chi connectivity index (χ0n) is 16.8. The number of methoxy groups -OCH3 is 1. The van der Waals surface area contributed by atoms with Crippen LogP contribution in [0, 0.1) is 0 Å². The lowest BCUT2D eigenvalue weighted by Crippen LogP contribution is -2.59. The summed E-state index contributed by atoms with van der Waals surface area (Å²) in [6.45, 7) is 4.29. The predicted octanol–water partition coefficient (Wildman–Crippen LogP) is 2.18. The number of carbonyl (C=O) groups excluding carboxylic acids is 1. The molecule has 4 rings (SSSR count). The third-order valence-electron chi connectivity index (χ3n) is 5.36. The number of ether oxygens (including phenoxy) is 3. The standard InChI is InChI=1S/C22H27N3O4/c1-27-20-8-3-2-7-19(20)21(26)25-11-13-29-22(17-25)16-24(10-5-12-28-22)15-18-6-4-9-23-14-18/h2-4,6-9,14H,5,10-13,15-17H2,1H3. The van der Waals surface area contributed by atoms with Crippen LogP contribution in [0.1, 0.15) is 22.3 Å². The fraction of sp³-hybridized carbons (Fsp3) is 0.455. The van der Waals surface area contributed by atoms with Crippen molar-refractivity contribution >= 4 is 5.91 Å². The van der Waals surface area contributed by atoms with Gasteiger partial charge in [0.2, 0.25) is 0 Å².